The predicted octanol–water partition coefficient (Wildman–Crippen LogP) is 1.40. The second-order valence-corrected chi connectivity index (χ2v) is 6.02. The zero-order valence-electron chi connectivity index (χ0n) is 15.2. The molecule has 0 saturated heterocycles. The van der Waals surface area contributed by atoms with Gasteiger partial charge in [0.1, 0.15) is 18.3 Å². The number of carbonyl (C=O) groups excluding carboxylic acids is 2. The molecule has 2 aromatic heterocycles. The largest absolute Gasteiger partial charge is 0.467 e. The molecule has 2 heterocycles. The Labute approximate surface area is 160 Å². The second kappa shape index (κ2) is 8.81. The molecule has 0 aliphatic rings. The van der Waals surface area contributed by atoms with Crippen LogP contribution in [0.2, 0.25) is 0 Å². The summed E-state index contributed by atoms with van der Waals surface area (Å²) in [7, 11) is 1.26. The molecule has 1 N–H and O–H groups in total. The molecule has 0 saturated carbocycles. The number of esters is 1. The van der Waals surface area contributed by atoms with E-state index in [1.165, 1.54) is 25.5 Å². The summed E-state index contributed by atoms with van der Waals surface area (Å²) in [5.74, 6) is -0.620. The van der Waals surface area contributed by atoms with Crippen molar-refractivity contribution in [1.82, 2.24) is 15.1 Å². The van der Waals surface area contributed by atoms with Crippen molar-refractivity contribution in [3.63, 3.8) is 0 Å². The molecule has 3 rings (SSSR count). The van der Waals surface area contributed by atoms with Crippen LogP contribution in [0.3, 0.4) is 0 Å². The van der Waals surface area contributed by atoms with Crippen molar-refractivity contribution >= 4 is 11.9 Å². The van der Waals surface area contributed by atoms with Gasteiger partial charge in [0.05, 0.1) is 13.4 Å². The summed E-state index contributed by atoms with van der Waals surface area (Å²) in [5, 5.41) is 6.75. The minimum absolute atomic E-state index is 0.272. The van der Waals surface area contributed by atoms with E-state index in [4.69, 9.17) is 9.15 Å². The molecule has 8 nitrogen and oxygen atoms in total. The van der Waals surface area contributed by atoms with E-state index in [9.17, 15) is 14.4 Å². The van der Waals surface area contributed by atoms with Crippen molar-refractivity contribution in [3.05, 3.63) is 76.8 Å². The van der Waals surface area contributed by atoms with Gasteiger partial charge in [0, 0.05) is 12.5 Å². The molecule has 0 fully saturated rings. The lowest BCUT2D eigenvalue weighted by Crippen LogP contribution is -2.45. The molecular weight excluding hydrogens is 362 g/mol. The number of carbonyl (C=O) groups is 2. The lowest BCUT2D eigenvalue weighted by molar-refractivity contribution is -0.145. The van der Waals surface area contributed by atoms with E-state index in [1.54, 1.807) is 12.1 Å². The molecule has 144 valence electrons. The Bertz CT molecular complexity index is 996. The highest BCUT2D eigenvalue weighted by Crippen LogP contribution is 2.15. The first-order valence-electron chi connectivity index (χ1n) is 8.60. The van der Waals surface area contributed by atoms with E-state index in [0.29, 0.717) is 11.5 Å². The number of furan rings is 1. The molecule has 1 amide bonds. The molecule has 0 aliphatic carbocycles. The third-order valence-corrected chi connectivity index (χ3v) is 4.04. The van der Waals surface area contributed by atoms with Crippen LogP contribution in [0.25, 0.3) is 11.5 Å². The van der Waals surface area contributed by atoms with Crippen LogP contribution < -0.4 is 10.9 Å². The lowest BCUT2D eigenvalue weighted by atomic mass is 10.1. The topological polar surface area (TPSA) is 103 Å². The van der Waals surface area contributed by atoms with Gasteiger partial charge in [0.25, 0.3) is 5.56 Å². The molecular formula is C20H19N3O5. The third-order valence-electron chi connectivity index (χ3n) is 4.04. The zero-order chi connectivity index (χ0) is 19.9. The number of ether oxygens (including phenoxy) is 1. The van der Waals surface area contributed by atoms with Crippen LogP contribution in [0.1, 0.15) is 5.56 Å². The molecule has 0 bridgehead atoms. The van der Waals surface area contributed by atoms with Gasteiger partial charge in [0.2, 0.25) is 5.91 Å². The Kier molecular flexibility index (Phi) is 6.01. The maximum atomic E-state index is 12.4. The number of hydrogen-bond acceptors (Lipinski definition) is 6. The highest BCUT2D eigenvalue weighted by atomic mass is 16.5. The maximum Gasteiger partial charge on any atom is 0.328 e. The first-order valence-corrected chi connectivity index (χ1v) is 8.60. The minimum Gasteiger partial charge on any atom is -0.467 e. The average Bonchev–Trinajstić information content (AvgIpc) is 3.24. The van der Waals surface area contributed by atoms with E-state index in [1.807, 2.05) is 30.3 Å². The smallest absolute Gasteiger partial charge is 0.328 e. The van der Waals surface area contributed by atoms with Crippen molar-refractivity contribution < 1.29 is 18.7 Å². The standard InChI is InChI=1S/C20H19N3O5/c1-27-20(26)16(12-14-6-3-2-4-7-14)21-18(24)13-23-19(25)10-9-15(22-23)17-8-5-11-28-17/h2-11,16H,12-13H2,1H3,(H,21,24)/t16-/m1/s1. The SMILES string of the molecule is COC(=O)[C@@H](Cc1ccccc1)NC(=O)Cn1nc(-c2ccco2)ccc1=O. The molecule has 0 unspecified atom stereocenters. The van der Waals surface area contributed by atoms with Gasteiger partial charge in [-0.25, -0.2) is 9.48 Å². The number of hydrogen-bond donors (Lipinski definition) is 1. The van der Waals surface area contributed by atoms with Crippen LogP contribution in [-0.2, 0) is 27.3 Å². The number of methoxy groups -OCH3 is 1. The van der Waals surface area contributed by atoms with Crippen LogP contribution in [0, 0.1) is 0 Å². The van der Waals surface area contributed by atoms with Crippen LogP contribution in [-0.4, -0.2) is 34.8 Å². The normalized spacial score (nSPS) is 11.6. The van der Waals surface area contributed by atoms with E-state index in [-0.39, 0.29) is 13.0 Å². The number of amides is 1. The summed E-state index contributed by atoms with van der Waals surface area (Å²) in [6.07, 6.45) is 1.76. The summed E-state index contributed by atoms with van der Waals surface area (Å²) < 4.78 is 11.1. The molecule has 0 aliphatic heterocycles. The Morgan fingerprint density at radius 1 is 1.14 bits per heavy atom. The van der Waals surface area contributed by atoms with Gasteiger partial charge in [0.15, 0.2) is 5.76 Å². The van der Waals surface area contributed by atoms with Gasteiger partial charge in [-0.15, -0.1) is 0 Å². The monoisotopic (exact) mass is 381 g/mol. The van der Waals surface area contributed by atoms with Gasteiger partial charge in [-0.1, -0.05) is 30.3 Å². The highest BCUT2D eigenvalue weighted by molar-refractivity contribution is 5.84. The van der Waals surface area contributed by atoms with E-state index in [0.717, 1.165) is 10.2 Å². The number of nitrogens with zero attached hydrogens (tertiary/aromatic N) is 2. The summed E-state index contributed by atoms with van der Waals surface area (Å²) in [6.45, 7) is -0.338. The number of nitrogens with one attached hydrogen (secondary N) is 1. The number of aromatic nitrogens is 2. The van der Waals surface area contributed by atoms with Gasteiger partial charge in [-0.05, 0) is 23.8 Å². The fraction of sp³-hybridized carbons (Fsp3) is 0.200. The van der Waals surface area contributed by atoms with E-state index >= 15 is 0 Å². The predicted molar refractivity (Wildman–Crippen MR) is 100 cm³/mol. The Hall–Kier alpha value is -3.68. The van der Waals surface area contributed by atoms with Crippen LogP contribution in [0.4, 0.5) is 0 Å². The molecule has 1 atom stereocenters. The fourth-order valence-electron chi connectivity index (χ4n) is 2.68. The van der Waals surface area contributed by atoms with E-state index < -0.39 is 23.5 Å². The lowest BCUT2D eigenvalue weighted by Gasteiger charge is -2.17. The Morgan fingerprint density at radius 3 is 2.61 bits per heavy atom. The van der Waals surface area contributed by atoms with Gasteiger partial charge >= 0.3 is 5.97 Å². The number of rotatable bonds is 7. The van der Waals surface area contributed by atoms with Gasteiger partial charge in [-0.2, -0.15) is 5.10 Å². The Balaban J connectivity index is 1.73. The molecule has 28 heavy (non-hydrogen) atoms. The second-order valence-electron chi connectivity index (χ2n) is 6.02. The van der Waals surface area contributed by atoms with E-state index in [2.05, 4.69) is 10.4 Å². The highest BCUT2D eigenvalue weighted by Gasteiger charge is 2.22. The first-order chi connectivity index (χ1) is 13.6. The van der Waals surface area contributed by atoms with Gasteiger partial charge < -0.3 is 14.5 Å². The minimum atomic E-state index is -0.871. The quantitative estimate of drug-likeness (QED) is 0.621. The van der Waals surface area contributed by atoms with Crippen molar-refractivity contribution in [2.24, 2.45) is 0 Å². The molecule has 0 spiro atoms. The molecule has 8 heteroatoms. The van der Waals surface area contributed by atoms with Crippen molar-refractivity contribution in [3.8, 4) is 11.5 Å². The first kappa shape index (κ1) is 19.1. The van der Waals surface area contributed by atoms with Crippen LogP contribution in [0.5, 0.6) is 0 Å². The fourth-order valence-corrected chi connectivity index (χ4v) is 2.68. The summed E-state index contributed by atoms with van der Waals surface area (Å²) in [5.41, 5.74) is 0.850. The van der Waals surface area contributed by atoms with Crippen molar-refractivity contribution in [2.75, 3.05) is 7.11 Å². The zero-order valence-corrected chi connectivity index (χ0v) is 15.2. The average molecular weight is 381 g/mol. The molecule has 3 aromatic rings. The van der Waals surface area contributed by atoms with Crippen molar-refractivity contribution in [2.45, 2.75) is 19.0 Å². The van der Waals surface area contributed by atoms with Crippen molar-refractivity contribution in [1.29, 1.82) is 0 Å². The Morgan fingerprint density at radius 2 is 1.93 bits per heavy atom. The molecule has 1 aromatic carbocycles. The summed E-state index contributed by atoms with van der Waals surface area (Å²) >= 11 is 0. The summed E-state index contributed by atoms with van der Waals surface area (Å²) in [6, 6.07) is 14.6. The van der Waals surface area contributed by atoms with Crippen LogP contribution in [0.15, 0.2) is 70.1 Å². The number of benzene rings is 1. The maximum absolute atomic E-state index is 12.4. The third kappa shape index (κ3) is 4.73. The van der Waals surface area contributed by atoms with Gasteiger partial charge in [-0.3, -0.25) is 9.59 Å². The molecule has 0 radical (unpaired) electrons. The van der Waals surface area contributed by atoms with Crippen LogP contribution >= 0.6 is 0 Å². The summed E-state index contributed by atoms with van der Waals surface area (Å²) in [4.78, 5) is 36.5.